The van der Waals surface area contributed by atoms with Gasteiger partial charge in [0, 0.05) is 25.0 Å². The average Bonchev–Trinajstić information content (AvgIpc) is 2.94. The highest BCUT2D eigenvalue weighted by Crippen LogP contribution is 2.32. The quantitative estimate of drug-likeness (QED) is 0.856. The molecule has 1 aliphatic heterocycles. The van der Waals surface area contributed by atoms with Crippen LogP contribution in [-0.2, 0) is 0 Å². The molecule has 110 valence electrons. The van der Waals surface area contributed by atoms with Crippen LogP contribution in [0.3, 0.4) is 0 Å². The van der Waals surface area contributed by atoms with Crippen LogP contribution < -0.4 is 4.90 Å². The van der Waals surface area contributed by atoms with E-state index >= 15 is 0 Å². The Labute approximate surface area is 125 Å². The van der Waals surface area contributed by atoms with E-state index in [1.165, 1.54) is 30.5 Å². The number of hydrogen-bond donors (Lipinski definition) is 0. The van der Waals surface area contributed by atoms with Gasteiger partial charge in [0.25, 0.3) is 0 Å². The molecule has 0 aliphatic carbocycles. The molecule has 1 unspecified atom stereocenters. The van der Waals surface area contributed by atoms with Crippen molar-refractivity contribution in [2.45, 2.75) is 18.9 Å². The lowest BCUT2D eigenvalue weighted by Crippen LogP contribution is -2.18. The summed E-state index contributed by atoms with van der Waals surface area (Å²) >= 11 is 0. The minimum absolute atomic E-state index is 0.221. The first-order valence-electron chi connectivity index (χ1n) is 7.30. The largest absolute Gasteiger partial charge is 0.329 e. The third kappa shape index (κ3) is 2.90. The van der Waals surface area contributed by atoms with Crippen molar-refractivity contribution in [1.29, 1.82) is 0 Å². The monoisotopic (exact) mass is 285 g/mol. The fourth-order valence-electron chi connectivity index (χ4n) is 2.95. The Morgan fingerprint density at radius 3 is 2.67 bits per heavy atom. The molecule has 1 aliphatic rings. The highest BCUT2D eigenvalue weighted by atomic mass is 19.1. The van der Waals surface area contributed by atoms with Crippen molar-refractivity contribution in [1.82, 2.24) is 9.88 Å². The van der Waals surface area contributed by atoms with Crippen molar-refractivity contribution < 1.29 is 4.39 Å². The first-order valence-corrected chi connectivity index (χ1v) is 7.30. The number of likely N-dealkylation sites (tertiary alicyclic amines) is 1. The maximum absolute atomic E-state index is 13.0. The van der Waals surface area contributed by atoms with Crippen LogP contribution in [0.5, 0.6) is 0 Å². The van der Waals surface area contributed by atoms with Gasteiger partial charge >= 0.3 is 0 Å². The predicted octanol–water partition coefficient (Wildman–Crippen LogP) is 3.76. The fourth-order valence-corrected chi connectivity index (χ4v) is 2.95. The highest BCUT2D eigenvalue weighted by molar-refractivity contribution is 5.59. The second-order valence-corrected chi connectivity index (χ2v) is 5.62. The van der Waals surface area contributed by atoms with Gasteiger partial charge < -0.3 is 4.90 Å². The molecule has 0 N–H and O–H groups in total. The molecular formula is C17H20FN3. The molecule has 1 aromatic carbocycles. The van der Waals surface area contributed by atoms with Crippen molar-refractivity contribution in [3.8, 4) is 0 Å². The van der Waals surface area contributed by atoms with Crippen molar-refractivity contribution in [3.63, 3.8) is 0 Å². The lowest BCUT2D eigenvalue weighted by Gasteiger charge is -2.23. The van der Waals surface area contributed by atoms with Crippen molar-refractivity contribution in [3.05, 3.63) is 54.0 Å². The number of aromatic nitrogens is 1. The second kappa shape index (κ2) is 5.82. The Kier molecular flexibility index (Phi) is 3.88. The third-order valence-electron chi connectivity index (χ3n) is 4.23. The average molecular weight is 285 g/mol. The zero-order valence-electron chi connectivity index (χ0n) is 12.5. The molecule has 21 heavy (non-hydrogen) atoms. The zero-order chi connectivity index (χ0) is 14.8. The van der Waals surface area contributed by atoms with Crippen LogP contribution in [0.15, 0.2) is 42.6 Å². The standard InChI is InChI=1S/C17H20FN3/c1-20-11-3-4-16(20)13-9-10-19-17(12-13)21(2)15-7-5-14(18)6-8-15/h5-10,12,16H,3-4,11H2,1-2H3. The van der Waals surface area contributed by atoms with Gasteiger partial charge in [-0.1, -0.05) is 0 Å². The van der Waals surface area contributed by atoms with E-state index in [0.717, 1.165) is 18.1 Å². The molecule has 0 bridgehead atoms. The number of benzene rings is 1. The number of rotatable bonds is 3. The molecule has 0 radical (unpaired) electrons. The lowest BCUT2D eigenvalue weighted by molar-refractivity contribution is 0.317. The number of anilines is 2. The molecule has 1 saturated heterocycles. The molecule has 4 heteroatoms. The molecule has 1 aromatic heterocycles. The van der Waals surface area contributed by atoms with Gasteiger partial charge in [0.2, 0.25) is 0 Å². The molecule has 1 fully saturated rings. The van der Waals surface area contributed by atoms with Crippen LogP contribution in [0.2, 0.25) is 0 Å². The summed E-state index contributed by atoms with van der Waals surface area (Å²) in [6.45, 7) is 1.15. The van der Waals surface area contributed by atoms with Crippen LogP contribution in [0, 0.1) is 5.82 Å². The topological polar surface area (TPSA) is 19.4 Å². The summed E-state index contributed by atoms with van der Waals surface area (Å²) in [4.78, 5) is 8.82. The maximum atomic E-state index is 13.0. The summed E-state index contributed by atoms with van der Waals surface area (Å²) in [5.74, 6) is 0.667. The lowest BCUT2D eigenvalue weighted by atomic mass is 10.1. The molecule has 0 spiro atoms. The summed E-state index contributed by atoms with van der Waals surface area (Å²) < 4.78 is 13.0. The van der Waals surface area contributed by atoms with Gasteiger partial charge in [-0.25, -0.2) is 9.37 Å². The van der Waals surface area contributed by atoms with E-state index in [1.54, 1.807) is 12.1 Å². The van der Waals surface area contributed by atoms with Gasteiger partial charge in [-0.05, 0) is 68.4 Å². The van der Waals surface area contributed by atoms with E-state index in [0.29, 0.717) is 6.04 Å². The second-order valence-electron chi connectivity index (χ2n) is 5.62. The minimum Gasteiger partial charge on any atom is -0.329 e. The van der Waals surface area contributed by atoms with Gasteiger partial charge in [0.05, 0.1) is 0 Å². The zero-order valence-corrected chi connectivity index (χ0v) is 12.5. The van der Waals surface area contributed by atoms with Gasteiger partial charge in [-0.3, -0.25) is 4.90 Å². The van der Waals surface area contributed by atoms with Crippen LogP contribution in [0.25, 0.3) is 0 Å². The molecule has 3 rings (SSSR count). The number of nitrogens with zero attached hydrogens (tertiary/aromatic N) is 3. The summed E-state index contributed by atoms with van der Waals surface area (Å²) in [6, 6.07) is 11.2. The maximum Gasteiger partial charge on any atom is 0.132 e. The minimum atomic E-state index is -0.221. The van der Waals surface area contributed by atoms with E-state index in [2.05, 4.69) is 29.1 Å². The molecular weight excluding hydrogens is 265 g/mol. The highest BCUT2D eigenvalue weighted by Gasteiger charge is 2.23. The molecule has 1 atom stereocenters. The van der Waals surface area contributed by atoms with Gasteiger partial charge in [0.1, 0.15) is 11.6 Å². The SMILES string of the molecule is CN(c1ccc(F)cc1)c1cc(C2CCCN2C)ccn1. The van der Waals surface area contributed by atoms with Gasteiger partial charge in [-0.2, -0.15) is 0 Å². The summed E-state index contributed by atoms with van der Waals surface area (Å²) in [5.41, 5.74) is 2.23. The Balaban J connectivity index is 1.86. The van der Waals surface area contributed by atoms with Crippen molar-refractivity contribution in [2.75, 3.05) is 25.5 Å². The summed E-state index contributed by atoms with van der Waals surface area (Å²) in [6.07, 6.45) is 4.30. The Morgan fingerprint density at radius 1 is 1.24 bits per heavy atom. The third-order valence-corrected chi connectivity index (χ3v) is 4.23. The number of halogens is 1. The first-order chi connectivity index (χ1) is 10.1. The summed E-state index contributed by atoms with van der Waals surface area (Å²) in [7, 11) is 4.12. The Hall–Kier alpha value is -1.94. The van der Waals surface area contributed by atoms with E-state index in [1.807, 2.05) is 18.1 Å². The molecule has 0 saturated carbocycles. The normalized spacial score (nSPS) is 18.9. The molecule has 0 amide bonds. The number of hydrogen-bond acceptors (Lipinski definition) is 3. The molecule has 2 aromatic rings. The fraction of sp³-hybridized carbons (Fsp3) is 0.353. The van der Waals surface area contributed by atoms with Crippen LogP contribution >= 0.6 is 0 Å². The van der Waals surface area contributed by atoms with Crippen LogP contribution in [0.4, 0.5) is 15.9 Å². The van der Waals surface area contributed by atoms with Crippen LogP contribution in [-0.4, -0.2) is 30.5 Å². The van der Waals surface area contributed by atoms with E-state index in [9.17, 15) is 4.39 Å². The van der Waals surface area contributed by atoms with E-state index in [-0.39, 0.29) is 5.82 Å². The van der Waals surface area contributed by atoms with Crippen molar-refractivity contribution >= 4 is 11.5 Å². The van der Waals surface area contributed by atoms with Gasteiger partial charge in [0.15, 0.2) is 0 Å². The first kappa shape index (κ1) is 14.0. The van der Waals surface area contributed by atoms with Crippen LogP contribution in [0.1, 0.15) is 24.4 Å². The Morgan fingerprint density at radius 2 is 2.00 bits per heavy atom. The number of pyridine rings is 1. The molecule has 2 heterocycles. The van der Waals surface area contributed by atoms with Gasteiger partial charge in [-0.15, -0.1) is 0 Å². The Bertz CT molecular complexity index is 612. The van der Waals surface area contributed by atoms with Crippen molar-refractivity contribution in [2.24, 2.45) is 0 Å². The predicted molar refractivity (Wildman–Crippen MR) is 83.3 cm³/mol. The molecule has 3 nitrogen and oxygen atoms in total. The smallest absolute Gasteiger partial charge is 0.132 e. The van der Waals surface area contributed by atoms with E-state index < -0.39 is 0 Å². The van der Waals surface area contributed by atoms with E-state index in [4.69, 9.17) is 0 Å². The summed E-state index contributed by atoms with van der Waals surface area (Å²) in [5, 5.41) is 0.